The number of benzene rings is 2. The molecule has 3 aromatic rings. The number of methoxy groups -OCH3 is 1. The zero-order chi connectivity index (χ0) is 20.9. The van der Waals surface area contributed by atoms with Gasteiger partial charge in [-0.3, -0.25) is 14.5 Å². The number of nitrogens with zero attached hydrogens (tertiary/aromatic N) is 2. The second-order valence-corrected chi connectivity index (χ2v) is 7.34. The number of hydrogen-bond acceptors (Lipinski definition) is 5. The first-order valence-corrected chi connectivity index (χ1v) is 10.0. The molecule has 7 nitrogen and oxygen atoms in total. The number of carbonyl (C=O) groups excluding carboxylic acids is 2. The van der Waals surface area contributed by atoms with Gasteiger partial charge >= 0.3 is 0 Å². The largest absolute Gasteiger partial charge is 0.449 e. The molecule has 1 aromatic heterocycles. The zero-order valence-electron chi connectivity index (χ0n) is 17.0. The van der Waals surface area contributed by atoms with E-state index in [9.17, 15) is 9.59 Å². The van der Waals surface area contributed by atoms with Crippen molar-refractivity contribution in [1.82, 2.24) is 9.80 Å². The van der Waals surface area contributed by atoms with Crippen molar-refractivity contribution in [3.05, 3.63) is 65.9 Å². The summed E-state index contributed by atoms with van der Waals surface area (Å²) in [5.74, 6) is -0.374. The molecule has 30 heavy (non-hydrogen) atoms. The van der Waals surface area contributed by atoms with E-state index in [1.807, 2.05) is 36.4 Å². The highest BCUT2D eigenvalue weighted by atomic mass is 16.5. The van der Waals surface area contributed by atoms with Crippen LogP contribution in [0, 0.1) is 0 Å². The maximum absolute atomic E-state index is 13.2. The van der Waals surface area contributed by atoms with Crippen LogP contribution < -0.4 is 5.32 Å². The van der Waals surface area contributed by atoms with Crippen molar-refractivity contribution in [2.45, 2.75) is 6.54 Å². The van der Waals surface area contributed by atoms with E-state index in [2.05, 4.69) is 22.3 Å². The molecule has 1 aliphatic heterocycles. The molecule has 1 saturated heterocycles. The quantitative estimate of drug-likeness (QED) is 0.680. The number of anilines is 1. The molecule has 156 valence electrons. The molecule has 1 N–H and O–H groups in total. The van der Waals surface area contributed by atoms with Crippen molar-refractivity contribution < 1.29 is 18.7 Å². The number of nitrogens with one attached hydrogen (secondary N) is 1. The van der Waals surface area contributed by atoms with Crippen LogP contribution in [0.4, 0.5) is 5.69 Å². The summed E-state index contributed by atoms with van der Waals surface area (Å²) in [6.45, 7) is 3.55. The lowest BCUT2D eigenvalue weighted by Crippen LogP contribution is -2.48. The summed E-state index contributed by atoms with van der Waals surface area (Å²) in [5, 5.41) is 3.48. The fourth-order valence-corrected chi connectivity index (χ4v) is 3.72. The highest BCUT2D eigenvalue weighted by molar-refractivity contribution is 6.11. The topological polar surface area (TPSA) is 75.0 Å². The van der Waals surface area contributed by atoms with Crippen molar-refractivity contribution in [2.75, 3.05) is 45.2 Å². The Labute approximate surface area is 175 Å². The first kappa shape index (κ1) is 20.1. The van der Waals surface area contributed by atoms with Crippen LogP contribution in [0.3, 0.4) is 0 Å². The number of amides is 2. The van der Waals surface area contributed by atoms with Crippen molar-refractivity contribution in [3.63, 3.8) is 0 Å². The minimum Gasteiger partial charge on any atom is -0.449 e. The highest BCUT2D eigenvalue weighted by Crippen LogP contribution is 2.32. The SMILES string of the molecule is COCC(=O)Nc1c(C(=O)N2CCN(Cc3ccccc3)CC2)oc2ccccc12. The van der Waals surface area contributed by atoms with Crippen LogP contribution in [0.15, 0.2) is 59.0 Å². The second kappa shape index (κ2) is 9.11. The number of para-hydroxylation sites is 1. The molecule has 0 radical (unpaired) electrons. The average Bonchev–Trinajstić information content (AvgIpc) is 3.13. The van der Waals surface area contributed by atoms with E-state index in [0.29, 0.717) is 29.7 Å². The van der Waals surface area contributed by atoms with E-state index in [-0.39, 0.29) is 24.2 Å². The number of piperazine rings is 1. The van der Waals surface area contributed by atoms with Crippen LogP contribution in [0.25, 0.3) is 11.0 Å². The maximum atomic E-state index is 13.2. The Balaban J connectivity index is 1.49. The van der Waals surface area contributed by atoms with Gasteiger partial charge in [0.15, 0.2) is 0 Å². The lowest BCUT2D eigenvalue weighted by atomic mass is 10.2. The van der Waals surface area contributed by atoms with Gasteiger partial charge in [-0.2, -0.15) is 0 Å². The van der Waals surface area contributed by atoms with Gasteiger partial charge in [-0.25, -0.2) is 0 Å². The lowest BCUT2D eigenvalue weighted by molar-refractivity contribution is -0.119. The van der Waals surface area contributed by atoms with E-state index in [1.165, 1.54) is 12.7 Å². The highest BCUT2D eigenvalue weighted by Gasteiger charge is 2.28. The fourth-order valence-electron chi connectivity index (χ4n) is 3.72. The molecule has 7 heteroatoms. The molecular weight excluding hydrogens is 382 g/mol. The first-order chi connectivity index (χ1) is 14.7. The van der Waals surface area contributed by atoms with Crippen molar-refractivity contribution in [2.24, 2.45) is 0 Å². The summed E-state index contributed by atoms with van der Waals surface area (Å²) in [6, 6.07) is 17.6. The van der Waals surface area contributed by atoms with E-state index >= 15 is 0 Å². The van der Waals surface area contributed by atoms with Crippen LogP contribution in [-0.2, 0) is 16.1 Å². The molecule has 1 aliphatic rings. The Bertz CT molecular complexity index is 1020. The summed E-state index contributed by atoms with van der Waals surface area (Å²) < 4.78 is 10.8. The number of furan rings is 1. The van der Waals surface area contributed by atoms with Gasteiger partial charge in [0.05, 0.1) is 0 Å². The molecule has 2 amide bonds. The number of hydrogen-bond donors (Lipinski definition) is 1. The molecule has 2 aromatic carbocycles. The Hall–Kier alpha value is -3.16. The zero-order valence-corrected chi connectivity index (χ0v) is 17.0. The minimum atomic E-state index is -0.328. The smallest absolute Gasteiger partial charge is 0.291 e. The van der Waals surface area contributed by atoms with Gasteiger partial charge in [0.25, 0.3) is 5.91 Å². The van der Waals surface area contributed by atoms with Gasteiger partial charge in [0, 0.05) is 45.2 Å². The lowest BCUT2D eigenvalue weighted by Gasteiger charge is -2.34. The van der Waals surface area contributed by atoms with Crippen LogP contribution in [0.2, 0.25) is 0 Å². The maximum Gasteiger partial charge on any atom is 0.291 e. The van der Waals surface area contributed by atoms with E-state index in [4.69, 9.17) is 9.15 Å². The molecule has 1 fully saturated rings. The third kappa shape index (κ3) is 4.37. The van der Waals surface area contributed by atoms with Crippen molar-refractivity contribution in [1.29, 1.82) is 0 Å². The van der Waals surface area contributed by atoms with Gasteiger partial charge in [-0.05, 0) is 17.7 Å². The molecule has 0 aliphatic carbocycles. The predicted octanol–water partition coefficient (Wildman–Crippen LogP) is 2.98. The standard InChI is InChI=1S/C23H25N3O4/c1-29-16-20(27)24-21-18-9-5-6-10-19(18)30-22(21)23(28)26-13-11-25(12-14-26)15-17-7-3-2-4-8-17/h2-10H,11-16H2,1H3,(H,24,27). The van der Waals surface area contributed by atoms with Gasteiger partial charge in [-0.1, -0.05) is 42.5 Å². The molecule has 0 bridgehead atoms. The molecule has 0 saturated carbocycles. The number of rotatable bonds is 6. The molecule has 0 atom stereocenters. The predicted molar refractivity (Wildman–Crippen MR) is 114 cm³/mol. The van der Waals surface area contributed by atoms with E-state index < -0.39 is 0 Å². The molecule has 4 rings (SSSR count). The average molecular weight is 407 g/mol. The monoisotopic (exact) mass is 407 g/mol. The van der Waals surface area contributed by atoms with Gasteiger partial charge in [0.1, 0.15) is 17.9 Å². The number of fused-ring (bicyclic) bond motifs is 1. The third-order valence-corrected chi connectivity index (χ3v) is 5.24. The fraction of sp³-hybridized carbons (Fsp3) is 0.304. The number of ether oxygens (including phenoxy) is 1. The Morgan fingerprint density at radius 1 is 1.00 bits per heavy atom. The Morgan fingerprint density at radius 2 is 1.70 bits per heavy atom. The van der Waals surface area contributed by atoms with Gasteiger partial charge < -0.3 is 19.4 Å². The second-order valence-electron chi connectivity index (χ2n) is 7.34. The van der Waals surface area contributed by atoms with E-state index in [0.717, 1.165) is 19.6 Å². The Morgan fingerprint density at radius 3 is 2.43 bits per heavy atom. The summed E-state index contributed by atoms with van der Waals surface area (Å²) in [7, 11) is 1.45. The van der Waals surface area contributed by atoms with Crippen molar-refractivity contribution in [3.8, 4) is 0 Å². The molecule has 0 spiro atoms. The summed E-state index contributed by atoms with van der Waals surface area (Å²) in [6.07, 6.45) is 0. The van der Waals surface area contributed by atoms with Gasteiger partial charge in [-0.15, -0.1) is 0 Å². The molecule has 0 unspecified atom stereocenters. The molecular formula is C23H25N3O4. The summed E-state index contributed by atoms with van der Waals surface area (Å²) in [4.78, 5) is 29.5. The Kier molecular flexibility index (Phi) is 6.11. The third-order valence-electron chi connectivity index (χ3n) is 5.24. The first-order valence-electron chi connectivity index (χ1n) is 10.0. The van der Waals surface area contributed by atoms with Crippen LogP contribution in [0.5, 0.6) is 0 Å². The van der Waals surface area contributed by atoms with Crippen LogP contribution in [0.1, 0.15) is 16.1 Å². The minimum absolute atomic E-state index is 0.0920. The van der Waals surface area contributed by atoms with Crippen molar-refractivity contribution >= 4 is 28.5 Å². The number of carbonyl (C=O) groups is 2. The van der Waals surface area contributed by atoms with Gasteiger partial charge in [0.2, 0.25) is 11.7 Å². The van der Waals surface area contributed by atoms with Crippen LogP contribution >= 0.6 is 0 Å². The van der Waals surface area contributed by atoms with Crippen LogP contribution in [-0.4, -0.2) is 61.5 Å². The summed E-state index contributed by atoms with van der Waals surface area (Å²) in [5.41, 5.74) is 2.23. The normalized spacial score (nSPS) is 14.8. The summed E-state index contributed by atoms with van der Waals surface area (Å²) >= 11 is 0. The van der Waals surface area contributed by atoms with E-state index in [1.54, 1.807) is 11.0 Å². The molecule has 2 heterocycles.